The van der Waals surface area contributed by atoms with Gasteiger partial charge in [0.05, 0.1) is 12.3 Å². The molecular weight excluding hydrogens is 282 g/mol. The average Bonchev–Trinajstić information content (AvgIpc) is 2.72. The number of halogens is 1. The molecule has 1 aromatic carbocycles. The molecule has 0 saturated heterocycles. The number of aromatic nitrogens is 3. The Morgan fingerprint density at radius 1 is 1.41 bits per heavy atom. The summed E-state index contributed by atoms with van der Waals surface area (Å²) in [5.41, 5.74) is 2.54. The number of hydrogen-bond donors (Lipinski definition) is 1. The van der Waals surface area contributed by atoms with Crippen molar-refractivity contribution in [1.29, 1.82) is 0 Å². The molecule has 0 fully saturated rings. The molecule has 1 heterocycles. The summed E-state index contributed by atoms with van der Waals surface area (Å²) in [6.07, 6.45) is 0.981. The van der Waals surface area contributed by atoms with E-state index in [9.17, 15) is 5.11 Å². The summed E-state index contributed by atoms with van der Waals surface area (Å²) in [4.78, 5) is 0. The van der Waals surface area contributed by atoms with Crippen LogP contribution in [0.25, 0.3) is 11.3 Å². The van der Waals surface area contributed by atoms with Crippen molar-refractivity contribution in [2.45, 2.75) is 26.5 Å². The Labute approximate surface area is 108 Å². The Kier molecular flexibility index (Phi) is 3.91. The van der Waals surface area contributed by atoms with E-state index in [2.05, 4.69) is 33.2 Å². The number of nitrogens with zero attached hydrogens (tertiary/aromatic N) is 3. The Bertz CT molecular complexity index is 510. The highest BCUT2D eigenvalue weighted by atomic mass is 79.9. The van der Waals surface area contributed by atoms with Crippen molar-refractivity contribution in [1.82, 2.24) is 15.0 Å². The third-order valence-corrected chi connectivity index (χ3v) is 2.98. The maximum absolute atomic E-state index is 9.30. The predicted octanol–water partition coefficient (Wildman–Crippen LogP) is 2.61. The van der Waals surface area contributed by atoms with Crippen molar-refractivity contribution in [3.05, 3.63) is 34.4 Å². The van der Waals surface area contributed by atoms with Crippen molar-refractivity contribution >= 4 is 15.9 Å². The third kappa shape index (κ3) is 2.56. The SMILES string of the molecule is CCCn1nnc(CO)c1-c1cccc(Br)c1. The standard InChI is InChI=1S/C12H14BrN3O/c1-2-6-16-12(11(8-17)14-15-16)9-4-3-5-10(13)7-9/h3-5,7,17H,2,6,8H2,1H3. The van der Waals surface area contributed by atoms with E-state index in [1.807, 2.05) is 28.9 Å². The largest absolute Gasteiger partial charge is 0.390 e. The number of aliphatic hydroxyl groups is 1. The van der Waals surface area contributed by atoms with Gasteiger partial charge in [-0.05, 0) is 18.6 Å². The van der Waals surface area contributed by atoms with Crippen LogP contribution in [0.3, 0.4) is 0 Å². The van der Waals surface area contributed by atoms with Gasteiger partial charge < -0.3 is 5.11 Å². The molecule has 2 rings (SSSR count). The molecule has 17 heavy (non-hydrogen) atoms. The third-order valence-electron chi connectivity index (χ3n) is 2.49. The maximum atomic E-state index is 9.30. The molecule has 0 aliphatic heterocycles. The second kappa shape index (κ2) is 5.42. The van der Waals surface area contributed by atoms with Gasteiger partial charge in [-0.1, -0.05) is 40.2 Å². The summed E-state index contributed by atoms with van der Waals surface area (Å²) in [6.45, 7) is 2.80. The van der Waals surface area contributed by atoms with Crippen LogP contribution >= 0.6 is 15.9 Å². The van der Waals surface area contributed by atoms with E-state index in [1.54, 1.807) is 0 Å². The van der Waals surface area contributed by atoms with Crippen LogP contribution in [-0.4, -0.2) is 20.1 Å². The van der Waals surface area contributed by atoms with Gasteiger partial charge in [0.1, 0.15) is 5.69 Å². The molecule has 0 saturated carbocycles. The lowest BCUT2D eigenvalue weighted by atomic mass is 10.1. The minimum Gasteiger partial charge on any atom is -0.390 e. The minimum absolute atomic E-state index is 0.0917. The number of hydrogen-bond acceptors (Lipinski definition) is 3. The summed E-state index contributed by atoms with van der Waals surface area (Å²) >= 11 is 3.45. The van der Waals surface area contributed by atoms with Crippen molar-refractivity contribution in [3.63, 3.8) is 0 Å². The Morgan fingerprint density at radius 3 is 2.88 bits per heavy atom. The summed E-state index contributed by atoms with van der Waals surface area (Å²) in [5.74, 6) is 0. The molecule has 0 aliphatic carbocycles. The van der Waals surface area contributed by atoms with Gasteiger partial charge >= 0.3 is 0 Å². The first-order valence-corrected chi connectivity index (χ1v) is 6.34. The van der Waals surface area contributed by atoms with E-state index in [-0.39, 0.29) is 6.61 Å². The van der Waals surface area contributed by atoms with E-state index in [4.69, 9.17) is 0 Å². The van der Waals surface area contributed by atoms with Gasteiger partial charge in [-0.3, -0.25) is 0 Å². The Hall–Kier alpha value is -1.20. The summed E-state index contributed by atoms with van der Waals surface area (Å²) in [6, 6.07) is 7.93. The first-order valence-electron chi connectivity index (χ1n) is 5.55. The molecule has 5 heteroatoms. The van der Waals surface area contributed by atoms with Crippen molar-refractivity contribution < 1.29 is 5.11 Å². The Balaban J connectivity index is 2.51. The maximum Gasteiger partial charge on any atom is 0.116 e. The molecule has 4 nitrogen and oxygen atoms in total. The molecule has 1 aromatic heterocycles. The van der Waals surface area contributed by atoms with Gasteiger partial charge in [0.25, 0.3) is 0 Å². The van der Waals surface area contributed by atoms with E-state index in [1.165, 1.54) is 0 Å². The molecule has 0 aliphatic rings. The van der Waals surface area contributed by atoms with Crippen LogP contribution in [0.15, 0.2) is 28.7 Å². The van der Waals surface area contributed by atoms with Gasteiger partial charge in [-0.2, -0.15) is 0 Å². The van der Waals surface area contributed by atoms with Gasteiger partial charge in [0.2, 0.25) is 0 Å². The first kappa shape index (κ1) is 12.3. The molecule has 0 amide bonds. The van der Waals surface area contributed by atoms with Crippen LogP contribution in [0.4, 0.5) is 0 Å². The molecular formula is C12H14BrN3O. The lowest BCUT2D eigenvalue weighted by molar-refractivity contribution is 0.277. The zero-order valence-corrected chi connectivity index (χ0v) is 11.2. The highest BCUT2D eigenvalue weighted by molar-refractivity contribution is 9.10. The molecule has 0 unspecified atom stereocenters. The monoisotopic (exact) mass is 295 g/mol. The molecule has 0 radical (unpaired) electrons. The zero-order chi connectivity index (χ0) is 12.3. The van der Waals surface area contributed by atoms with E-state index in [0.29, 0.717) is 5.69 Å². The smallest absolute Gasteiger partial charge is 0.116 e. The van der Waals surface area contributed by atoms with E-state index >= 15 is 0 Å². The fourth-order valence-electron chi connectivity index (χ4n) is 1.78. The number of aliphatic hydroxyl groups excluding tert-OH is 1. The van der Waals surface area contributed by atoms with Crippen LogP contribution in [0.1, 0.15) is 19.0 Å². The molecule has 0 spiro atoms. The summed E-state index contributed by atoms with van der Waals surface area (Å²) in [5, 5.41) is 17.4. The van der Waals surface area contributed by atoms with Gasteiger partial charge in [0.15, 0.2) is 0 Å². The first-order chi connectivity index (χ1) is 8.26. The Morgan fingerprint density at radius 2 is 2.24 bits per heavy atom. The number of rotatable bonds is 4. The van der Waals surface area contributed by atoms with E-state index < -0.39 is 0 Å². The molecule has 1 N–H and O–H groups in total. The van der Waals surface area contributed by atoms with Crippen LogP contribution in [0, 0.1) is 0 Å². The number of aryl methyl sites for hydroxylation is 1. The topological polar surface area (TPSA) is 50.9 Å². The second-order valence-corrected chi connectivity index (χ2v) is 4.69. The predicted molar refractivity (Wildman–Crippen MR) is 69.4 cm³/mol. The number of benzene rings is 1. The van der Waals surface area contributed by atoms with Crippen molar-refractivity contribution in [2.75, 3.05) is 0 Å². The van der Waals surface area contributed by atoms with Crippen LogP contribution in [0.2, 0.25) is 0 Å². The average molecular weight is 296 g/mol. The fourth-order valence-corrected chi connectivity index (χ4v) is 2.17. The van der Waals surface area contributed by atoms with Crippen molar-refractivity contribution in [2.24, 2.45) is 0 Å². The quantitative estimate of drug-likeness (QED) is 0.943. The molecule has 2 aromatic rings. The molecule has 90 valence electrons. The van der Waals surface area contributed by atoms with Gasteiger partial charge in [0, 0.05) is 16.6 Å². The van der Waals surface area contributed by atoms with Crippen LogP contribution in [-0.2, 0) is 13.2 Å². The highest BCUT2D eigenvalue weighted by Crippen LogP contribution is 2.25. The normalized spacial score (nSPS) is 10.8. The lowest BCUT2D eigenvalue weighted by Gasteiger charge is -2.06. The van der Waals surface area contributed by atoms with Crippen molar-refractivity contribution in [3.8, 4) is 11.3 Å². The molecule has 0 bridgehead atoms. The van der Waals surface area contributed by atoms with Crippen LogP contribution in [0.5, 0.6) is 0 Å². The second-order valence-electron chi connectivity index (χ2n) is 3.78. The highest BCUT2D eigenvalue weighted by Gasteiger charge is 2.13. The zero-order valence-electron chi connectivity index (χ0n) is 9.60. The summed E-state index contributed by atoms with van der Waals surface area (Å²) < 4.78 is 2.84. The molecule has 0 atom stereocenters. The fraction of sp³-hybridized carbons (Fsp3) is 0.333. The minimum atomic E-state index is -0.0917. The van der Waals surface area contributed by atoms with Gasteiger partial charge in [-0.25, -0.2) is 4.68 Å². The summed E-state index contributed by atoms with van der Waals surface area (Å²) in [7, 11) is 0. The van der Waals surface area contributed by atoms with E-state index in [0.717, 1.165) is 28.7 Å². The van der Waals surface area contributed by atoms with Gasteiger partial charge in [-0.15, -0.1) is 5.10 Å². The van der Waals surface area contributed by atoms with Crippen LogP contribution < -0.4 is 0 Å². The lowest BCUT2D eigenvalue weighted by Crippen LogP contribution is -2.02.